The van der Waals surface area contributed by atoms with Crippen LogP contribution in [0.5, 0.6) is 11.5 Å². The van der Waals surface area contributed by atoms with Gasteiger partial charge in [-0.2, -0.15) is 0 Å². The first-order valence-electron chi connectivity index (χ1n) is 6.44. The Morgan fingerprint density at radius 2 is 2.00 bits per heavy atom. The molecule has 0 fully saturated rings. The van der Waals surface area contributed by atoms with E-state index in [4.69, 9.17) is 4.74 Å². The molecule has 0 amide bonds. The summed E-state index contributed by atoms with van der Waals surface area (Å²) in [6, 6.07) is 7.95. The molecular weight excluding hydrogens is 238 g/mol. The highest BCUT2D eigenvalue weighted by atomic mass is 16.5. The summed E-state index contributed by atoms with van der Waals surface area (Å²) in [6.07, 6.45) is 3.29. The average Bonchev–Trinajstić information content (AvgIpc) is 2.39. The molecule has 1 aromatic carbocycles. The Morgan fingerprint density at radius 1 is 1.21 bits per heavy atom. The van der Waals surface area contributed by atoms with Crippen molar-refractivity contribution in [2.45, 2.75) is 33.3 Å². The van der Waals surface area contributed by atoms with Gasteiger partial charge >= 0.3 is 0 Å². The predicted octanol–water partition coefficient (Wildman–Crippen LogP) is 3.80. The van der Waals surface area contributed by atoms with E-state index in [1.807, 2.05) is 13.0 Å². The summed E-state index contributed by atoms with van der Waals surface area (Å²) in [5.41, 5.74) is 3.04. The lowest BCUT2D eigenvalue weighted by Crippen LogP contribution is -1.97. The highest BCUT2D eigenvalue weighted by Crippen LogP contribution is 2.32. The molecule has 1 N–H and O–H groups in total. The third kappa shape index (κ3) is 3.12. The Kier molecular flexibility index (Phi) is 4.17. The van der Waals surface area contributed by atoms with Crippen molar-refractivity contribution in [3.8, 4) is 11.5 Å². The normalized spacial score (nSPS) is 10.8. The van der Waals surface area contributed by atoms with E-state index in [0.717, 1.165) is 22.4 Å². The van der Waals surface area contributed by atoms with E-state index in [1.54, 1.807) is 18.5 Å². The van der Waals surface area contributed by atoms with Gasteiger partial charge in [0.05, 0.1) is 12.8 Å². The van der Waals surface area contributed by atoms with E-state index in [1.165, 1.54) is 0 Å². The number of aliphatic hydroxyl groups excluding tert-OH is 1. The fraction of sp³-hybridized carbons (Fsp3) is 0.312. The van der Waals surface area contributed by atoms with Crippen molar-refractivity contribution in [3.05, 3.63) is 53.3 Å². The molecule has 0 bridgehead atoms. The topological polar surface area (TPSA) is 42.4 Å². The Hall–Kier alpha value is -1.87. The lowest BCUT2D eigenvalue weighted by Gasteiger charge is -2.15. The number of ether oxygens (including phenoxy) is 1. The Bertz CT molecular complexity index is 564. The number of aliphatic hydroxyl groups is 1. The van der Waals surface area contributed by atoms with Crippen LogP contribution in [0.15, 0.2) is 36.7 Å². The minimum absolute atomic E-state index is 0.0549. The van der Waals surface area contributed by atoms with Crippen LogP contribution < -0.4 is 4.74 Å². The van der Waals surface area contributed by atoms with Gasteiger partial charge in [0.2, 0.25) is 0 Å². The molecule has 0 aliphatic carbocycles. The van der Waals surface area contributed by atoms with Crippen LogP contribution in [-0.2, 0) is 6.61 Å². The molecular formula is C16H19NO2. The zero-order chi connectivity index (χ0) is 13.8. The van der Waals surface area contributed by atoms with E-state index < -0.39 is 0 Å². The fourth-order valence-electron chi connectivity index (χ4n) is 1.96. The molecule has 0 radical (unpaired) electrons. The van der Waals surface area contributed by atoms with Crippen LogP contribution in [0, 0.1) is 6.92 Å². The molecule has 2 aromatic rings. The van der Waals surface area contributed by atoms with E-state index >= 15 is 0 Å². The number of nitrogens with zero attached hydrogens (tertiary/aromatic N) is 1. The maximum absolute atomic E-state index is 9.32. The summed E-state index contributed by atoms with van der Waals surface area (Å²) in [5.74, 6) is 1.82. The monoisotopic (exact) mass is 257 g/mol. The largest absolute Gasteiger partial charge is 0.455 e. The van der Waals surface area contributed by atoms with Gasteiger partial charge in [-0.3, -0.25) is 4.98 Å². The second kappa shape index (κ2) is 5.85. The summed E-state index contributed by atoms with van der Waals surface area (Å²) in [6.45, 7) is 6.25. The van der Waals surface area contributed by atoms with Crippen LogP contribution in [-0.4, -0.2) is 10.1 Å². The minimum atomic E-state index is -0.0549. The SMILES string of the molecule is Cc1ccc(C(C)C)c(Oc2cnccc2CO)c1. The van der Waals surface area contributed by atoms with Gasteiger partial charge in [0.1, 0.15) is 5.75 Å². The van der Waals surface area contributed by atoms with Gasteiger partial charge in [-0.1, -0.05) is 26.0 Å². The maximum atomic E-state index is 9.32. The third-order valence-corrected chi connectivity index (χ3v) is 3.05. The number of aromatic nitrogens is 1. The fourth-order valence-corrected chi connectivity index (χ4v) is 1.96. The van der Waals surface area contributed by atoms with E-state index in [0.29, 0.717) is 11.7 Å². The summed E-state index contributed by atoms with van der Waals surface area (Å²) in [4.78, 5) is 4.05. The number of aryl methyl sites for hydroxylation is 1. The first-order chi connectivity index (χ1) is 9.11. The van der Waals surface area contributed by atoms with E-state index in [9.17, 15) is 5.11 Å². The smallest absolute Gasteiger partial charge is 0.151 e. The van der Waals surface area contributed by atoms with Gasteiger partial charge in [0.25, 0.3) is 0 Å². The Labute approximate surface area is 113 Å². The number of rotatable bonds is 4. The molecule has 3 heteroatoms. The van der Waals surface area contributed by atoms with Gasteiger partial charge in [-0.05, 0) is 36.1 Å². The summed E-state index contributed by atoms with van der Waals surface area (Å²) >= 11 is 0. The molecule has 0 spiro atoms. The number of benzene rings is 1. The van der Waals surface area contributed by atoms with Gasteiger partial charge in [0, 0.05) is 11.8 Å². The van der Waals surface area contributed by atoms with Crippen molar-refractivity contribution in [1.29, 1.82) is 0 Å². The summed E-state index contributed by atoms with van der Waals surface area (Å²) < 4.78 is 5.95. The second-order valence-corrected chi connectivity index (χ2v) is 4.94. The van der Waals surface area contributed by atoms with Gasteiger partial charge in [-0.25, -0.2) is 0 Å². The summed E-state index contributed by atoms with van der Waals surface area (Å²) in [7, 11) is 0. The molecule has 0 aliphatic heterocycles. The molecule has 0 saturated heterocycles. The molecule has 1 heterocycles. The molecule has 0 unspecified atom stereocenters. The van der Waals surface area contributed by atoms with Crippen LogP contribution in [0.3, 0.4) is 0 Å². The lowest BCUT2D eigenvalue weighted by atomic mass is 10.0. The Balaban J connectivity index is 2.39. The van der Waals surface area contributed by atoms with Crippen LogP contribution >= 0.6 is 0 Å². The first kappa shape index (κ1) is 13.6. The number of hydrogen-bond donors (Lipinski definition) is 1. The van der Waals surface area contributed by atoms with Crippen molar-refractivity contribution in [2.24, 2.45) is 0 Å². The second-order valence-electron chi connectivity index (χ2n) is 4.94. The molecule has 2 rings (SSSR count). The van der Waals surface area contributed by atoms with Crippen LogP contribution in [0.2, 0.25) is 0 Å². The van der Waals surface area contributed by atoms with Crippen LogP contribution in [0.25, 0.3) is 0 Å². The zero-order valence-corrected chi connectivity index (χ0v) is 11.6. The number of pyridine rings is 1. The van der Waals surface area contributed by atoms with E-state index in [2.05, 4.69) is 31.0 Å². The van der Waals surface area contributed by atoms with E-state index in [-0.39, 0.29) is 6.61 Å². The quantitative estimate of drug-likeness (QED) is 0.906. The van der Waals surface area contributed by atoms with Crippen molar-refractivity contribution >= 4 is 0 Å². The third-order valence-electron chi connectivity index (χ3n) is 3.05. The molecule has 19 heavy (non-hydrogen) atoms. The standard InChI is InChI=1S/C16H19NO2/c1-11(2)14-5-4-12(3)8-15(14)19-16-9-17-7-6-13(16)10-18/h4-9,11,18H,10H2,1-3H3. The van der Waals surface area contributed by atoms with Crippen LogP contribution in [0.4, 0.5) is 0 Å². The van der Waals surface area contributed by atoms with Crippen molar-refractivity contribution < 1.29 is 9.84 Å². The predicted molar refractivity (Wildman–Crippen MR) is 75.5 cm³/mol. The molecule has 3 nitrogen and oxygen atoms in total. The van der Waals surface area contributed by atoms with Crippen molar-refractivity contribution in [2.75, 3.05) is 0 Å². The number of hydrogen-bond acceptors (Lipinski definition) is 3. The molecule has 1 aromatic heterocycles. The lowest BCUT2D eigenvalue weighted by molar-refractivity contribution is 0.276. The average molecular weight is 257 g/mol. The summed E-state index contributed by atoms with van der Waals surface area (Å²) in [5, 5.41) is 9.32. The molecule has 100 valence electrons. The van der Waals surface area contributed by atoms with Crippen LogP contribution in [0.1, 0.15) is 36.5 Å². The molecule has 0 saturated carbocycles. The van der Waals surface area contributed by atoms with Gasteiger partial charge in [-0.15, -0.1) is 0 Å². The first-order valence-corrected chi connectivity index (χ1v) is 6.44. The molecule has 0 atom stereocenters. The highest BCUT2D eigenvalue weighted by Gasteiger charge is 2.11. The highest BCUT2D eigenvalue weighted by molar-refractivity contribution is 5.43. The molecule has 0 aliphatic rings. The van der Waals surface area contributed by atoms with Crippen molar-refractivity contribution in [3.63, 3.8) is 0 Å². The van der Waals surface area contributed by atoms with Gasteiger partial charge < -0.3 is 9.84 Å². The van der Waals surface area contributed by atoms with Gasteiger partial charge in [0.15, 0.2) is 5.75 Å². The maximum Gasteiger partial charge on any atom is 0.151 e. The Morgan fingerprint density at radius 3 is 2.68 bits per heavy atom. The van der Waals surface area contributed by atoms with Crippen molar-refractivity contribution in [1.82, 2.24) is 4.98 Å². The zero-order valence-electron chi connectivity index (χ0n) is 11.6. The minimum Gasteiger partial charge on any atom is -0.455 e.